The highest BCUT2D eigenvalue weighted by Crippen LogP contribution is 2.27. The number of aryl methyl sites for hydroxylation is 1. The van der Waals surface area contributed by atoms with Crippen LogP contribution in [0.3, 0.4) is 0 Å². The lowest BCUT2D eigenvalue weighted by Gasteiger charge is -2.08. The summed E-state index contributed by atoms with van der Waals surface area (Å²) < 4.78 is 7.09. The first kappa shape index (κ1) is 19.5. The van der Waals surface area contributed by atoms with E-state index < -0.39 is 0 Å². The first-order valence-electron chi connectivity index (χ1n) is 8.10. The molecule has 25 heavy (non-hydrogen) atoms. The zero-order valence-corrected chi connectivity index (χ0v) is 16.2. The van der Waals surface area contributed by atoms with Crippen molar-refractivity contribution >= 4 is 29.1 Å². The van der Waals surface area contributed by atoms with Crippen LogP contribution >= 0.6 is 23.2 Å². The Bertz CT molecular complexity index is 797. The predicted octanol–water partition coefficient (Wildman–Crippen LogP) is 5.42. The van der Waals surface area contributed by atoms with Crippen LogP contribution in [0.4, 0.5) is 0 Å². The minimum atomic E-state index is -0.0423. The van der Waals surface area contributed by atoms with E-state index in [0.29, 0.717) is 35.2 Å². The highest BCUT2D eigenvalue weighted by atomic mass is 35.5. The number of carbonyl (C=O) groups excluding carboxylic acids is 1. The Morgan fingerprint density at radius 3 is 2.68 bits per heavy atom. The topological polar surface area (TPSA) is 44.1 Å². The Balaban J connectivity index is 1.91. The molecule has 0 N–H and O–H groups in total. The summed E-state index contributed by atoms with van der Waals surface area (Å²) in [4.78, 5) is 12.4. The molecule has 0 aliphatic heterocycles. The maximum atomic E-state index is 12.4. The molecule has 1 heterocycles. The van der Waals surface area contributed by atoms with Crippen molar-refractivity contribution in [1.82, 2.24) is 9.78 Å². The molecule has 0 bridgehead atoms. The lowest BCUT2D eigenvalue weighted by molar-refractivity contribution is 0.0874. The van der Waals surface area contributed by atoms with E-state index in [1.165, 1.54) is 4.68 Å². The highest BCUT2D eigenvalue weighted by Gasteiger charge is 2.16. The molecule has 0 aliphatic rings. The number of nitrogens with zero attached hydrogens (tertiary/aromatic N) is 2. The summed E-state index contributed by atoms with van der Waals surface area (Å²) in [5.41, 5.74) is 3.88. The quantitative estimate of drug-likeness (QED) is 0.475. The Labute approximate surface area is 158 Å². The zero-order valence-electron chi connectivity index (χ0n) is 14.7. The van der Waals surface area contributed by atoms with Gasteiger partial charge in [0.05, 0.1) is 17.3 Å². The third-order valence-electron chi connectivity index (χ3n) is 3.84. The molecular formula is C19H22Cl2N2O2. The van der Waals surface area contributed by atoms with Crippen molar-refractivity contribution in [3.05, 3.63) is 57.3 Å². The van der Waals surface area contributed by atoms with Crippen molar-refractivity contribution in [3.63, 3.8) is 0 Å². The van der Waals surface area contributed by atoms with Gasteiger partial charge in [0.15, 0.2) is 0 Å². The van der Waals surface area contributed by atoms with E-state index in [1.54, 1.807) is 18.2 Å². The number of ether oxygens (including phenoxy) is 1. The fraction of sp³-hybridized carbons (Fsp3) is 0.368. The van der Waals surface area contributed by atoms with Crippen molar-refractivity contribution < 1.29 is 9.53 Å². The number of hydrogen-bond donors (Lipinski definition) is 0. The van der Waals surface area contributed by atoms with Gasteiger partial charge in [-0.3, -0.25) is 4.79 Å². The van der Waals surface area contributed by atoms with E-state index in [0.717, 1.165) is 28.9 Å². The van der Waals surface area contributed by atoms with Crippen molar-refractivity contribution in [2.75, 3.05) is 6.61 Å². The van der Waals surface area contributed by atoms with Gasteiger partial charge < -0.3 is 4.74 Å². The van der Waals surface area contributed by atoms with E-state index in [9.17, 15) is 4.79 Å². The van der Waals surface area contributed by atoms with Gasteiger partial charge >= 0.3 is 0 Å². The van der Waals surface area contributed by atoms with Crippen molar-refractivity contribution in [2.45, 2.75) is 40.0 Å². The molecule has 0 fully saturated rings. The molecule has 0 aliphatic carbocycles. The van der Waals surface area contributed by atoms with Crippen LogP contribution in [0, 0.1) is 13.8 Å². The Hall–Kier alpha value is -1.78. The number of aromatic nitrogens is 2. The van der Waals surface area contributed by atoms with E-state index in [-0.39, 0.29) is 5.91 Å². The molecule has 134 valence electrons. The number of rotatable bonds is 7. The average molecular weight is 381 g/mol. The van der Waals surface area contributed by atoms with Gasteiger partial charge in [0.25, 0.3) is 0 Å². The Kier molecular flexibility index (Phi) is 6.68. The second-order valence-electron chi connectivity index (χ2n) is 6.12. The number of carbonyl (C=O) groups is 1. The van der Waals surface area contributed by atoms with Crippen LogP contribution in [-0.2, 0) is 6.42 Å². The number of benzene rings is 1. The monoisotopic (exact) mass is 380 g/mol. The normalized spacial score (nSPS) is 10.8. The summed E-state index contributed by atoms with van der Waals surface area (Å²) in [6.45, 7) is 10.1. The first-order chi connectivity index (χ1) is 11.8. The smallest absolute Gasteiger partial charge is 0.247 e. The van der Waals surface area contributed by atoms with Crippen LogP contribution in [0.25, 0.3) is 0 Å². The molecule has 0 radical (unpaired) electrons. The summed E-state index contributed by atoms with van der Waals surface area (Å²) in [5.74, 6) is 0.521. The molecule has 4 nitrogen and oxygen atoms in total. The van der Waals surface area contributed by atoms with Crippen LogP contribution in [0.2, 0.25) is 10.0 Å². The van der Waals surface area contributed by atoms with Gasteiger partial charge in [-0.05, 0) is 51.8 Å². The molecule has 0 saturated carbocycles. The molecule has 6 heteroatoms. The van der Waals surface area contributed by atoms with Crippen molar-refractivity contribution in [2.24, 2.45) is 0 Å². The molecule has 1 aromatic carbocycles. The number of allylic oxidation sites excluding steroid dienone is 1. The van der Waals surface area contributed by atoms with Crippen LogP contribution in [-0.4, -0.2) is 22.3 Å². The molecule has 2 rings (SSSR count). The summed E-state index contributed by atoms with van der Waals surface area (Å²) in [6.07, 6.45) is 1.66. The lowest BCUT2D eigenvalue weighted by atomic mass is 10.1. The average Bonchev–Trinajstić information content (AvgIpc) is 2.81. The van der Waals surface area contributed by atoms with E-state index >= 15 is 0 Å². The summed E-state index contributed by atoms with van der Waals surface area (Å²) in [5, 5.41) is 5.39. The number of halogens is 2. The van der Waals surface area contributed by atoms with Gasteiger partial charge in [0.2, 0.25) is 5.91 Å². The largest absolute Gasteiger partial charge is 0.492 e. The fourth-order valence-corrected chi connectivity index (χ4v) is 3.04. The molecule has 0 amide bonds. The second kappa shape index (κ2) is 8.54. The third kappa shape index (κ3) is 5.10. The molecular weight excluding hydrogens is 359 g/mol. The third-order valence-corrected chi connectivity index (χ3v) is 4.37. The predicted molar refractivity (Wildman–Crippen MR) is 102 cm³/mol. The van der Waals surface area contributed by atoms with Gasteiger partial charge in [0, 0.05) is 22.7 Å². The second-order valence-corrected chi connectivity index (χ2v) is 6.96. The highest BCUT2D eigenvalue weighted by molar-refractivity contribution is 6.35. The maximum Gasteiger partial charge on any atom is 0.247 e. The van der Waals surface area contributed by atoms with Crippen molar-refractivity contribution in [1.29, 1.82) is 0 Å². The van der Waals surface area contributed by atoms with Gasteiger partial charge in [-0.15, -0.1) is 0 Å². The summed E-state index contributed by atoms with van der Waals surface area (Å²) >= 11 is 11.9. The van der Waals surface area contributed by atoms with Gasteiger partial charge in [-0.25, -0.2) is 4.68 Å². The van der Waals surface area contributed by atoms with Gasteiger partial charge in [0.1, 0.15) is 5.75 Å². The first-order valence-corrected chi connectivity index (χ1v) is 8.85. The SMILES string of the molecule is C=C(C)Cc1c(C)nn(C(=O)CCCOc2ccc(Cl)cc2Cl)c1C. The van der Waals surface area contributed by atoms with Crippen LogP contribution in [0.5, 0.6) is 5.75 Å². The maximum absolute atomic E-state index is 12.4. The van der Waals surface area contributed by atoms with Gasteiger partial charge in [-0.2, -0.15) is 5.10 Å². The Morgan fingerprint density at radius 1 is 1.32 bits per heavy atom. The summed E-state index contributed by atoms with van der Waals surface area (Å²) in [7, 11) is 0. The van der Waals surface area contributed by atoms with Gasteiger partial charge in [-0.1, -0.05) is 35.4 Å². The molecule has 0 unspecified atom stereocenters. The molecule has 0 saturated heterocycles. The van der Waals surface area contributed by atoms with Crippen LogP contribution < -0.4 is 4.74 Å². The fourth-order valence-electron chi connectivity index (χ4n) is 2.58. The number of hydrogen-bond acceptors (Lipinski definition) is 3. The van der Waals surface area contributed by atoms with Crippen molar-refractivity contribution in [3.8, 4) is 5.75 Å². The lowest BCUT2D eigenvalue weighted by Crippen LogP contribution is -2.15. The summed E-state index contributed by atoms with van der Waals surface area (Å²) in [6, 6.07) is 5.06. The Morgan fingerprint density at radius 2 is 2.04 bits per heavy atom. The van der Waals surface area contributed by atoms with Crippen LogP contribution in [0.15, 0.2) is 30.4 Å². The van der Waals surface area contributed by atoms with E-state index in [4.69, 9.17) is 27.9 Å². The minimum Gasteiger partial charge on any atom is -0.492 e. The molecule has 0 spiro atoms. The standard InChI is InChI=1S/C19H22Cl2N2O2/c1-12(2)10-16-13(3)22-23(14(16)4)19(24)6-5-9-25-18-8-7-15(20)11-17(18)21/h7-8,11H,1,5-6,9-10H2,2-4H3. The zero-order chi connectivity index (χ0) is 18.6. The molecule has 0 atom stereocenters. The molecule has 1 aromatic heterocycles. The minimum absolute atomic E-state index is 0.0423. The molecule has 2 aromatic rings. The van der Waals surface area contributed by atoms with Crippen LogP contribution in [0.1, 0.15) is 41.5 Å². The van der Waals surface area contributed by atoms with E-state index in [2.05, 4.69) is 11.7 Å². The van der Waals surface area contributed by atoms with E-state index in [1.807, 2.05) is 20.8 Å².